The van der Waals surface area contributed by atoms with Crippen LogP contribution in [0.5, 0.6) is 17.4 Å². The molecule has 0 aliphatic carbocycles. The van der Waals surface area contributed by atoms with Gasteiger partial charge in [0.25, 0.3) is 5.88 Å². The van der Waals surface area contributed by atoms with Gasteiger partial charge in [-0.2, -0.15) is 9.37 Å². The zero-order valence-electron chi connectivity index (χ0n) is 10.0. The molecular weight excluding hydrogens is 293 g/mol. The summed E-state index contributed by atoms with van der Waals surface area (Å²) in [6.45, 7) is 0. The number of hydrogen-bond acceptors (Lipinski definition) is 6. The Morgan fingerprint density at radius 2 is 2.20 bits per heavy atom. The second-order valence-electron chi connectivity index (χ2n) is 3.48. The molecule has 0 saturated heterocycles. The average Bonchev–Trinajstić information content (AvgIpc) is 2.43. The highest BCUT2D eigenvalue weighted by Crippen LogP contribution is 2.34. The molecule has 0 saturated carbocycles. The number of ether oxygens (including phenoxy) is 2. The summed E-state index contributed by atoms with van der Waals surface area (Å²) in [5.74, 6) is -1.31. The maximum Gasteiger partial charge on any atom is 0.315 e. The molecule has 104 valence electrons. The molecule has 0 spiro atoms. The van der Waals surface area contributed by atoms with Crippen LogP contribution in [0.3, 0.4) is 0 Å². The first-order valence-electron chi connectivity index (χ1n) is 5.19. The first kappa shape index (κ1) is 13.9. The average molecular weight is 300 g/mol. The predicted octanol–water partition coefficient (Wildman–Crippen LogP) is 2.98. The molecule has 0 aliphatic heterocycles. The standard InChI is InChI=1S/C11H7ClFN3O4/c1-19-6-2-3-9(8(4-6)16(17)18)20-10-7(13)5-14-11(12)15-10/h2-5H,1H3. The van der Waals surface area contributed by atoms with E-state index in [-0.39, 0.29) is 16.8 Å². The summed E-state index contributed by atoms with van der Waals surface area (Å²) in [4.78, 5) is 17.2. The fourth-order valence-corrected chi connectivity index (χ4v) is 1.49. The minimum absolute atomic E-state index is 0.190. The van der Waals surface area contributed by atoms with E-state index in [0.717, 1.165) is 12.3 Å². The van der Waals surface area contributed by atoms with Crippen molar-refractivity contribution >= 4 is 17.3 Å². The van der Waals surface area contributed by atoms with E-state index in [1.807, 2.05) is 0 Å². The lowest BCUT2D eigenvalue weighted by atomic mass is 10.3. The van der Waals surface area contributed by atoms with Crippen molar-refractivity contribution in [2.75, 3.05) is 7.11 Å². The van der Waals surface area contributed by atoms with E-state index in [9.17, 15) is 14.5 Å². The highest BCUT2D eigenvalue weighted by atomic mass is 35.5. The van der Waals surface area contributed by atoms with Crippen molar-refractivity contribution < 1.29 is 18.8 Å². The molecule has 1 heterocycles. The van der Waals surface area contributed by atoms with Crippen LogP contribution in [0.25, 0.3) is 0 Å². The summed E-state index contributed by atoms with van der Waals surface area (Å²) in [5, 5.41) is 10.7. The van der Waals surface area contributed by atoms with Gasteiger partial charge in [0, 0.05) is 0 Å². The van der Waals surface area contributed by atoms with E-state index in [4.69, 9.17) is 21.1 Å². The number of nitrogens with zero attached hydrogens (tertiary/aromatic N) is 3. The Bertz CT molecular complexity index is 668. The summed E-state index contributed by atoms with van der Waals surface area (Å²) >= 11 is 5.51. The smallest absolute Gasteiger partial charge is 0.315 e. The number of nitro benzene ring substituents is 1. The molecule has 0 amide bonds. The van der Waals surface area contributed by atoms with Gasteiger partial charge in [0.15, 0.2) is 0 Å². The molecule has 0 radical (unpaired) electrons. The van der Waals surface area contributed by atoms with Crippen LogP contribution in [-0.4, -0.2) is 22.0 Å². The Balaban J connectivity index is 2.42. The Hall–Kier alpha value is -2.48. The van der Waals surface area contributed by atoms with E-state index in [2.05, 4.69) is 9.97 Å². The van der Waals surface area contributed by atoms with Crippen LogP contribution in [0.15, 0.2) is 24.4 Å². The number of hydrogen-bond donors (Lipinski definition) is 0. The molecule has 0 unspecified atom stereocenters. The van der Waals surface area contributed by atoms with Gasteiger partial charge < -0.3 is 9.47 Å². The Kier molecular flexibility index (Phi) is 3.94. The summed E-state index contributed by atoms with van der Waals surface area (Å²) in [6.07, 6.45) is 0.806. The Labute approximate surface area is 117 Å². The zero-order valence-corrected chi connectivity index (χ0v) is 10.8. The quantitative estimate of drug-likeness (QED) is 0.490. The molecule has 2 aromatic rings. The summed E-state index contributed by atoms with van der Waals surface area (Å²) < 4.78 is 23.4. The maximum absolute atomic E-state index is 13.4. The van der Waals surface area contributed by atoms with Crippen molar-refractivity contribution in [3.63, 3.8) is 0 Å². The topological polar surface area (TPSA) is 87.4 Å². The number of methoxy groups -OCH3 is 1. The third kappa shape index (κ3) is 2.91. The van der Waals surface area contributed by atoms with Crippen LogP contribution in [0, 0.1) is 15.9 Å². The predicted molar refractivity (Wildman–Crippen MR) is 66.7 cm³/mol. The summed E-state index contributed by atoms with van der Waals surface area (Å²) in [5.41, 5.74) is -0.390. The molecule has 1 aromatic carbocycles. The fourth-order valence-electron chi connectivity index (χ4n) is 1.36. The number of benzene rings is 1. The molecule has 2 rings (SSSR count). The van der Waals surface area contributed by atoms with Crippen LogP contribution in [0.2, 0.25) is 5.28 Å². The monoisotopic (exact) mass is 299 g/mol. The van der Waals surface area contributed by atoms with Crippen LogP contribution < -0.4 is 9.47 Å². The van der Waals surface area contributed by atoms with Gasteiger partial charge >= 0.3 is 5.69 Å². The molecule has 7 nitrogen and oxygen atoms in total. The van der Waals surface area contributed by atoms with E-state index >= 15 is 0 Å². The van der Waals surface area contributed by atoms with Gasteiger partial charge in [-0.1, -0.05) is 0 Å². The zero-order chi connectivity index (χ0) is 14.7. The van der Waals surface area contributed by atoms with Crippen molar-refractivity contribution in [2.24, 2.45) is 0 Å². The van der Waals surface area contributed by atoms with E-state index < -0.39 is 22.3 Å². The first-order chi connectivity index (χ1) is 9.51. The van der Waals surface area contributed by atoms with Gasteiger partial charge in [-0.15, -0.1) is 0 Å². The lowest BCUT2D eigenvalue weighted by Crippen LogP contribution is -1.98. The molecular formula is C11H7ClFN3O4. The molecule has 20 heavy (non-hydrogen) atoms. The van der Waals surface area contributed by atoms with Gasteiger partial charge in [-0.3, -0.25) is 10.1 Å². The largest absolute Gasteiger partial charge is 0.496 e. The third-order valence-corrected chi connectivity index (χ3v) is 2.43. The Morgan fingerprint density at radius 3 is 2.85 bits per heavy atom. The molecule has 9 heteroatoms. The summed E-state index contributed by atoms with van der Waals surface area (Å²) in [6, 6.07) is 3.85. The van der Waals surface area contributed by atoms with Crippen LogP contribution in [0.4, 0.5) is 10.1 Å². The molecule has 0 atom stereocenters. The van der Waals surface area contributed by atoms with Crippen molar-refractivity contribution in [3.05, 3.63) is 45.6 Å². The van der Waals surface area contributed by atoms with Gasteiger partial charge in [-0.25, -0.2) is 4.98 Å². The van der Waals surface area contributed by atoms with Crippen LogP contribution >= 0.6 is 11.6 Å². The van der Waals surface area contributed by atoms with Gasteiger partial charge in [-0.05, 0) is 23.7 Å². The summed E-state index contributed by atoms with van der Waals surface area (Å²) in [7, 11) is 1.36. The number of aromatic nitrogens is 2. The lowest BCUT2D eigenvalue weighted by Gasteiger charge is -2.07. The van der Waals surface area contributed by atoms with Crippen molar-refractivity contribution in [1.29, 1.82) is 0 Å². The molecule has 0 N–H and O–H groups in total. The van der Waals surface area contributed by atoms with Crippen molar-refractivity contribution in [1.82, 2.24) is 9.97 Å². The second kappa shape index (κ2) is 5.66. The molecule has 0 bridgehead atoms. The van der Waals surface area contributed by atoms with Crippen LogP contribution in [-0.2, 0) is 0 Å². The van der Waals surface area contributed by atoms with E-state index in [1.54, 1.807) is 0 Å². The maximum atomic E-state index is 13.4. The van der Waals surface area contributed by atoms with E-state index in [0.29, 0.717) is 0 Å². The minimum atomic E-state index is -0.889. The third-order valence-electron chi connectivity index (χ3n) is 2.25. The Morgan fingerprint density at radius 1 is 1.45 bits per heavy atom. The highest BCUT2D eigenvalue weighted by molar-refractivity contribution is 6.28. The van der Waals surface area contributed by atoms with Crippen molar-refractivity contribution in [2.45, 2.75) is 0 Å². The van der Waals surface area contributed by atoms with Gasteiger partial charge in [0.1, 0.15) is 5.75 Å². The SMILES string of the molecule is COc1ccc(Oc2nc(Cl)ncc2F)c([N+](=O)[O-])c1. The second-order valence-corrected chi connectivity index (χ2v) is 3.82. The molecule has 1 aromatic heterocycles. The normalized spacial score (nSPS) is 10.2. The highest BCUT2D eigenvalue weighted by Gasteiger charge is 2.19. The van der Waals surface area contributed by atoms with E-state index in [1.165, 1.54) is 19.2 Å². The number of halogens is 2. The fraction of sp³-hybridized carbons (Fsp3) is 0.0909. The number of rotatable bonds is 4. The van der Waals surface area contributed by atoms with Crippen LogP contribution in [0.1, 0.15) is 0 Å². The van der Waals surface area contributed by atoms with Gasteiger partial charge in [0.05, 0.1) is 24.3 Å². The first-order valence-corrected chi connectivity index (χ1v) is 5.57. The minimum Gasteiger partial charge on any atom is -0.496 e. The van der Waals surface area contributed by atoms with Gasteiger partial charge in [0.2, 0.25) is 16.9 Å². The lowest BCUT2D eigenvalue weighted by molar-refractivity contribution is -0.385. The van der Waals surface area contributed by atoms with Crippen molar-refractivity contribution in [3.8, 4) is 17.4 Å². The molecule has 0 fully saturated rings. The molecule has 0 aliphatic rings. The number of nitro groups is 1.